The standard InChI is InChI=1S/C13H16BrN3S/c1-9(15-2)12-6-10(14)4-5-13(12)18-11-7-16-17(3)8-11/h4-9,15H,1-3H3. The number of benzene rings is 1. The molecule has 1 atom stereocenters. The molecule has 1 N–H and O–H groups in total. The molecular weight excluding hydrogens is 310 g/mol. The summed E-state index contributed by atoms with van der Waals surface area (Å²) in [7, 11) is 3.91. The normalized spacial score (nSPS) is 12.7. The van der Waals surface area contributed by atoms with Crippen molar-refractivity contribution >= 4 is 27.7 Å². The Labute approximate surface area is 120 Å². The van der Waals surface area contributed by atoms with Crippen LogP contribution in [0.5, 0.6) is 0 Å². The van der Waals surface area contributed by atoms with E-state index >= 15 is 0 Å². The van der Waals surface area contributed by atoms with Crippen LogP contribution in [0.3, 0.4) is 0 Å². The van der Waals surface area contributed by atoms with Gasteiger partial charge in [0.25, 0.3) is 0 Å². The Bertz CT molecular complexity index is 539. The Balaban J connectivity index is 2.31. The molecule has 0 bridgehead atoms. The zero-order valence-electron chi connectivity index (χ0n) is 10.6. The molecule has 0 saturated heterocycles. The number of aromatic nitrogens is 2. The number of hydrogen-bond donors (Lipinski definition) is 1. The topological polar surface area (TPSA) is 29.9 Å². The van der Waals surface area contributed by atoms with Crippen molar-refractivity contribution in [1.29, 1.82) is 0 Å². The van der Waals surface area contributed by atoms with Crippen molar-refractivity contribution < 1.29 is 0 Å². The number of rotatable bonds is 4. The molecule has 0 aliphatic heterocycles. The van der Waals surface area contributed by atoms with Crippen LogP contribution in [-0.2, 0) is 7.05 Å². The first-order chi connectivity index (χ1) is 8.60. The summed E-state index contributed by atoms with van der Waals surface area (Å²) >= 11 is 5.27. The molecule has 2 rings (SSSR count). The van der Waals surface area contributed by atoms with Gasteiger partial charge in [0.15, 0.2) is 0 Å². The first-order valence-electron chi connectivity index (χ1n) is 5.73. The van der Waals surface area contributed by atoms with Gasteiger partial charge in [0.2, 0.25) is 0 Å². The second-order valence-corrected chi connectivity index (χ2v) is 6.18. The summed E-state index contributed by atoms with van der Waals surface area (Å²) in [6.07, 6.45) is 3.92. The van der Waals surface area contributed by atoms with Crippen molar-refractivity contribution in [3.63, 3.8) is 0 Å². The largest absolute Gasteiger partial charge is 0.313 e. The van der Waals surface area contributed by atoms with E-state index in [0.717, 1.165) is 9.37 Å². The second kappa shape index (κ2) is 5.91. The van der Waals surface area contributed by atoms with Crippen LogP contribution >= 0.6 is 27.7 Å². The third kappa shape index (κ3) is 3.16. The summed E-state index contributed by atoms with van der Waals surface area (Å²) in [6, 6.07) is 6.71. The van der Waals surface area contributed by atoms with E-state index in [0.29, 0.717) is 6.04 Å². The van der Waals surface area contributed by atoms with Crippen LogP contribution in [0.2, 0.25) is 0 Å². The van der Waals surface area contributed by atoms with Gasteiger partial charge in [-0.15, -0.1) is 0 Å². The summed E-state index contributed by atoms with van der Waals surface area (Å²) in [5.74, 6) is 0. The van der Waals surface area contributed by atoms with Crippen LogP contribution in [0, 0.1) is 0 Å². The smallest absolute Gasteiger partial charge is 0.0629 e. The fourth-order valence-corrected chi connectivity index (χ4v) is 3.11. The summed E-state index contributed by atoms with van der Waals surface area (Å²) in [5.41, 5.74) is 1.29. The maximum absolute atomic E-state index is 4.20. The lowest BCUT2D eigenvalue weighted by Crippen LogP contribution is -2.13. The SMILES string of the molecule is CNC(C)c1cc(Br)ccc1Sc1cnn(C)c1. The van der Waals surface area contributed by atoms with Gasteiger partial charge in [0.05, 0.1) is 11.1 Å². The Morgan fingerprint density at radius 3 is 2.83 bits per heavy atom. The van der Waals surface area contributed by atoms with Crippen LogP contribution in [0.25, 0.3) is 0 Å². The second-order valence-electron chi connectivity index (χ2n) is 4.14. The predicted octanol–water partition coefficient (Wildman–Crippen LogP) is 3.61. The van der Waals surface area contributed by atoms with Crippen molar-refractivity contribution in [2.24, 2.45) is 7.05 Å². The predicted molar refractivity (Wildman–Crippen MR) is 78.9 cm³/mol. The zero-order valence-corrected chi connectivity index (χ0v) is 13.0. The molecule has 5 heteroatoms. The quantitative estimate of drug-likeness (QED) is 0.931. The number of nitrogens with one attached hydrogen (secondary N) is 1. The van der Waals surface area contributed by atoms with Crippen molar-refractivity contribution in [2.45, 2.75) is 22.8 Å². The van der Waals surface area contributed by atoms with Gasteiger partial charge in [0.1, 0.15) is 0 Å². The highest BCUT2D eigenvalue weighted by Crippen LogP contribution is 2.34. The number of halogens is 1. The van der Waals surface area contributed by atoms with E-state index in [1.807, 2.05) is 31.2 Å². The minimum atomic E-state index is 0.321. The van der Waals surface area contributed by atoms with Gasteiger partial charge in [-0.25, -0.2) is 0 Å². The Kier molecular flexibility index (Phi) is 4.48. The molecule has 0 aliphatic rings. The molecule has 18 heavy (non-hydrogen) atoms. The molecule has 3 nitrogen and oxygen atoms in total. The van der Waals surface area contributed by atoms with E-state index in [4.69, 9.17) is 0 Å². The molecule has 1 unspecified atom stereocenters. The fraction of sp³-hybridized carbons (Fsp3) is 0.308. The first-order valence-corrected chi connectivity index (χ1v) is 7.34. The molecule has 2 aromatic rings. The maximum Gasteiger partial charge on any atom is 0.0629 e. The maximum atomic E-state index is 4.20. The van der Waals surface area contributed by atoms with Gasteiger partial charge in [-0.3, -0.25) is 4.68 Å². The lowest BCUT2D eigenvalue weighted by molar-refractivity contribution is 0.641. The van der Waals surface area contributed by atoms with Gasteiger partial charge in [-0.2, -0.15) is 5.10 Å². The molecule has 1 aromatic carbocycles. The van der Waals surface area contributed by atoms with Gasteiger partial charge in [-0.1, -0.05) is 27.7 Å². The Hall–Kier alpha value is -0.780. The Morgan fingerprint density at radius 2 is 2.22 bits per heavy atom. The highest BCUT2D eigenvalue weighted by molar-refractivity contribution is 9.10. The molecule has 0 spiro atoms. The summed E-state index contributed by atoms with van der Waals surface area (Å²) in [4.78, 5) is 2.41. The van der Waals surface area contributed by atoms with E-state index in [1.54, 1.807) is 11.8 Å². The summed E-state index contributed by atoms with van der Waals surface area (Å²) < 4.78 is 2.93. The monoisotopic (exact) mass is 325 g/mol. The summed E-state index contributed by atoms with van der Waals surface area (Å²) in [6.45, 7) is 2.16. The van der Waals surface area contributed by atoms with Crippen molar-refractivity contribution in [2.75, 3.05) is 7.05 Å². The van der Waals surface area contributed by atoms with Crippen molar-refractivity contribution in [1.82, 2.24) is 15.1 Å². The van der Waals surface area contributed by atoms with Crippen molar-refractivity contribution in [3.05, 3.63) is 40.6 Å². The van der Waals surface area contributed by atoms with E-state index in [2.05, 4.69) is 51.5 Å². The van der Waals surface area contributed by atoms with Crippen molar-refractivity contribution in [3.8, 4) is 0 Å². The zero-order chi connectivity index (χ0) is 13.1. The fourth-order valence-electron chi connectivity index (χ4n) is 1.68. The average Bonchev–Trinajstić information content (AvgIpc) is 2.76. The van der Waals surface area contributed by atoms with Crippen LogP contribution in [0.1, 0.15) is 18.5 Å². The molecule has 0 amide bonds. The van der Waals surface area contributed by atoms with E-state index in [1.165, 1.54) is 10.5 Å². The minimum Gasteiger partial charge on any atom is -0.313 e. The molecule has 1 heterocycles. The van der Waals surface area contributed by atoms with Gasteiger partial charge in [0, 0.05) is 28.7 Å². The first kappa shape index (κ1) is 13.6. The van der Waals surface area contributed by atoms with Crippen LogP contribution in [0.4, 0.5) is 0 Å². The van der Waals surface area contributed by atoms with E-state index < -0.39 is 0 Å². The van der Waals surface area contributed by atoms with Crippen LogP contribution < -0.4 is 5.32 Å². The highest BCUT2D eigenvalue weighted by atomic mass is 79.9. The highest BCUT2D eigenvalue weighted by Gasteiger charge is 2.11. The number of hydrogen-bond acceptors (Lipinski definition) is 3. The lowest BCUT2D eigenvalue weighted by atomic mass is 10.1. The van der Waals surface area contributed by atoms with Crippen LogP contribution in [-0.4, -0.2) is 16.8 Å². The van der Waals surface area contributed by atoms with Gasteiger partial charge < -0.3 is 5.32 Å². The number of aryl methyl sites for hydroxylation is 1. The number of nitrogens with zero attached hydrogens (tertiary/aromatic N) is 2. The molecular formula is C13H16BrN3S. The van der Waals surface area contributed by atoms with E-state index in [9.17, 15) is 0 Å². The van der Waals surface area contributed by atoms with Gasteiger partial charge >= 0.3 is 0 Å². The molecule has 96 valence electrons. The molecule has 0 fully saturated rings. The molecule has 0 saturated carbocycles. The lowest BCUT2D eigenvalue weighted by Gasteiger charge is -2.15. The molecule has 1 aromatic heterocycles. The molecule has 0 radical (unpaired) electrons. The van der Waals surface area contributed by atoms with Gasteiger partial charge in [-0.05, 0) is 37.7 Å². The average molecular weight is 326 g/mol. The third-order valence-corrected chi connectivity index (χ3v) is 4.31. The van der Waals surface area contributed by atoms with E-state index in [-0.39, 0.29) is 0 Å². The molecule has 0 aliphatic carbocycles. The third-order valence-electron chi connectivity index (χ3n) is 2.78. The van der Waals surface area contributed by atoms with Crippen LogP contribution in [0.15, 0.2) is 44.9 Å². The Morgan fingerprint density at radius 1 is 1.44 bits per heavy atom. The summed E-state index contributed by atoms with van der Waals surface area (Å²) in [5, 5.41) is 7.48. The minimum absolute atomic E-state index is 0.321.